The van der Waals surface area contributed by atoms with Crippen LogP contribution in [0, 0.1) is 6.92 Å². The molecule has 0 unspecified atom stereocenters. The summed E-state index contributed by atoms with van der Waals surface area (Å²) in [5.41, 5.74) is 1.08. The van der Waals surface area contributed by atoms with Crippen LogP contribution in [0.5, 0.6) is 0 Å². The van der Waals surface area contributed by atoms with E-state index in [-0.39, 0.29) is 4.90 Å². The highest BCUT2D eigenvalue weighted by molar-refractivity contribution is 7.92. The van der Waals surface area contributed by atoms with E-state index in [2.05, 4.69) is 20.1 Å². The quantitative estimate of drug-likeness (QED) is 0.871. The van der Waals surface area contributed by atoms with Crippen molar-refractivity contribution in [2.75, 3.05) is 17.1 Å². The van der Waals surface area contributed by atoms with Crippen molar-refractivity contribution in [2.24, 2.45) is 7.05 Å². The molecule has 0 atom stereocenters. The minimum atomic E-state index is -3.64. The fraction of sp³-hybridized carbons (Fsp3) is 0.273. The number of hydrogen-bond donors (Lipinski definition) is 2. The number of rotatable bonds is 4. The fourth-order valence-corrected chi connectivity index (χ4v) is 2.64. The molecule has 0 saturated carbocycles. The molecule has 2 aromatic rings. The van der Waals surface area contributed by atoms with Gasteiger partial charge in [0.1, 0.15) is 10.7 Å². The van der Waals surface area contributed by atoms with E-state index < -0.39 is 10.0 Å². The first-order valence-corrected chi connectivity index (χ1v) is 7.07. The average molecular weight is 281 g/mol. The van der Waals surface area contributed by atoms with Crippen molar-refractivity contribution in [1.29, 1.82) is 0 Å². The Balaban J connectivity index is 2.29. The molecule has 0 fully saturated rings. The Morgan fingerprint density at radius 1 is 1.32 bits per heavy atom. The van der Waals surface area contributed by atoms with E-state index in [1.54, 1.807) is 38.0 Å². The van der Waals surface area contributed by atoms with Crippen LogP contribution >= 0.6 is 0 Å². The second-order valence-corrected chi connectivity index (χ2v) is 5.72. The normalized spacial score (nSPS) is 11.3. The number of nitrogens with one attached hydrogen (secondary N) is 2. The summed E-state index contributed by atoms with van der Waals surface area (Å²) in [5, 5.41) is 6.91. The molecule has 8 heteroatoms. The van der Waals surface area contributed by atoms with Crippen molar-refractivity contribution in [2.45, 2.75) is 11.8 Å². The van der Waals surface area contributed by atoms with Crippen molar-refractivity contribution < 1.29 is 8.42 Å². The van der Waals surface area contributed by atoms with Gasteiger partial charge in [0.25, 0.3) is 10.0 Å². The number of pyridine rings is 1. The van der Waals surface area contributed by atoms with Gasteiger partial charge in [-0.1, -0.05) is 0 Å². The van der Waals surface area contributed by atoms with Crippen molar-refractivity contribution in [3.05, 3.63) is 30.2 Å². The molecule has 2 rings (SSSR count). The minimum absolute atomic E-state index is 0.106. The van der Waals surface area contributed by atoms with Gasteiger partial charge in [-0.05, 0) is 19.1 Å². The van der Waals surface area contributed by atoms with Crippen LogP contribution < -0.4 is 10.0 Å². The molecular weight excluding hydrogens is 266 g/mol. The lowest BCUT2D eigenvalue weighted by atomic mass is 10.4. The summed E-state index contributed by atoms with van der Waals surface area (Å²) in [6.45, 7) is 1.74. The summed E-state index contributed by atoms with van der Waals surface area (Å²) in [4.78, 5) is 4.09. The molecule has 102 valence electrons. The first-order valence-electron chi connectivity index (χ1n) is 5.59. The number of aromatic nitrogens is 3. The van der Waals surface area contributed by atoms with Gasteiger partial charge in [0.15, 0.2) is 0 Å². The lowest BCUT2D eigenvalue weighted by Gasteiger charge is -2.07. The van der Waals surface area contributed by atoms with Gasteiger partial charge in [0.2, 0.25) is 0 Å². The zero-order chi connectivity index (χ0) is 14.0. The molecular formula is C11H15N5O2S. The monoisotopic (exact) mass is 281 g/mol. The second kappa shape index (κ2) is 4.88. The van der Waals surface area contributed by atoms with Crippen molar-refractivity contribution in [3.63, 3.8) is 0 Å². The molecule has 0 bridgehead atoms. The van der Waals surface area contributed by atoms with Gasteiger partial charge in [-0.25, -0.2) is 13.4 Å². The van der Waals surface area contributed by atoms with Gasteiger partial charge >= 0.3 is 0 Å². The Kier molecular flexibility index (Phi) is 3.43. The van der Waals surface area contributed by atoms with E-state index in [1.807, 2.05) is 0 Å². The molecule has 0 aromatic carbocycles. The number of hydrogen-bond acceptors (Lipinski definition) is 5. The Morgan fingerprint density at radius 2 is 2.05 bits per heavy atom. The molecule has 19 heavy (non-hydrogen) atoms. The maximum absolute atomic E-state index is 12.2. The Hall–Kier alpha value is -2.09. The summed E-state index contributed by atoms with van der Waals surface area (Å²) in [6.07, 6.45) is 2.92. The van der Waals surface area contributed by atoms with Crippen LogP contribution in [0.2, 0.25) is 0 Å². The van der Waals surface area contributed by atoms with Crippen LogP contribution in [0.1, 0.15) is 5.69 Å². The number of anilines is 2. The topological polar surface area (TPSA) is 88.9 Å². The van der Waals surface area contributed by atoms with Crippen molar-refractivity contribution in [1.82, 2.24) is 14.8 Å². The molecule has 2 N–H and O–H groups in total. The zero-order valence-corrected chi connectivity index (χ0v) is 11.7. The average Bonchev–Trinajstić information content (AvgIpc) is 2.67. The molecule has 0 aliphatic carbocycles. The largest absolute Gasteiger partial charge is 0.373 e. The Morgan fingerprint density at radius 3 is 2.53 bits per heavy atom. The van der Waals surface area contributed by atoms with Gasteiger partial charge in [0.05, 0.1) is 11.4 Å². The SMILES string of the molecule is CNc1ccc(S(=O)(=O)Nc2cn(C)nc2C)cn1. The molecule has 0 amide bonds. The van der Waals surface area contributed by atoms with Crippen LogP contribution in [-0.4, -0.2) is 30.2 Å². The highest BCUT2D eigenvalue weighted by atomic mass is 32.2. The van der Waals surface area contributed by atoms with E-state index in [4.69, 9.17) is 0 Å². The van der Waals surface area contributed by atoms with Gasteiger partial charge in [-0.15, -0.1) is 0 Å². The number of aryl methyl sites for hydroxylation is 2. The summed E-state index contributed by atoms with van der Waals surface area (Å²) >= 11 is 0. The summed E-state index contributed by atoms with van der Waals surface area (Å²) in [6, 6.07) is 3.09. The molecule has 0 spiro atoms. The van der Waals surface area contributed by atoms with Crippen LogP contribution in [0.25, 0.3) is 0 Å². The maximum Gasteiger partial charge on any atom is 0.263 e. The third kappa shape index (κ3) is 2.84. The van der Waals surface area contributed by atoms with Gasteiger partial charge in [-0.3, -0.25) is 9.40 Å². The van der Waals surface area contributed by atoms with Crippen LogP contribution in [0.4, 0.5) is 11.5 Å². The molecule has 2 aromatic heterocycles. The first kappa shape index (κ1) is 13.3. The predicted octanol–water partition coefficient (Wildman–Crippen LogP) is 0.966. The molecule has 0 aliphatic heterocycles. The van der Waals surface area contributed by atoms with Gasteiger partial charge in [-0.2, -0.15) is 5.10 Å². The lowest BCUT2D eigenvalue weighted by Crippen LogP contribution is -2.13. The van der Waals surface area contributed by atoms with Crippen LogP contribution in [0.3, 0.4) is 0 Å². The lowest BCUT2D eigenvalue weighted by molar-refractivity contribution is 0.601. The summed E-state index contributed by atoms with van der Waals surface area (Å²) in [7, 11) is -0.195. The molecule has 0 saturated heterocycles. The molecule has 0 radical (unpaired) electrons. The van der Waals surface area contributed by atoms with Crippen molar-refractivity contribution in [3.8, 4) is 0 Å². The van der Waals surface area contributed by atoms with E-state index >= 15 is 0 Å². The highest BCUT2D eigenvalue weighted by Gasteiger charge is 2.17. The zero-order valence-electron chi connectivity index (χ0n) is 10.9. The molecule has 2 heterocycles. The van der Waals surface area contributed by atoms with E-state index in [9.17, 15) is 8.42 Å². The number of sulfonamides is 1. The molecule has 0 aliphatic rings. The third-order valence-corrected chi connectivity index (χ3v) is 3.91. The standard InChI is InChI=1S/C11H15N5O2S/c1-8-10(7-16(3)14-8)15-19(17,18)9-4-5-11(12-2)13-6-9/h4-7,15H,1-3H3,(H,12,13). The maximum atomic E-state index is 12.2. The summed E-state index contributed by atoms with van der Waals surface area (Å²) in [5.74, 6) is 0.608. The third-order valence-electron chi connectivity index (χ3n) is 2.56. The second-order valence-electron chi connectivity index (χ2n) is 4.04. The van der Waals surface area contributed by atoms with E-state index in [0.29, 0.717) is 17.2 Å². The Bertz CT molecular complexity index is 676. The minimum Gasteiger partial charge on any atom is -0.373 e. The van der Waals surface area contributed by atoms with Crippen molar-refractivity contribution >= 4 is 21.5 Å². The molecule has 7 nitrogen and oxygen atoms in total. The van der Waals surface area contributed by atoms with Gasteiger partial charge < -0.3 is 5.32 Å². The summed E-state index contributed by atoms with van der Waals surface area (Å²) < 4.78 is 28.3. The number of nitrogens with zero attached hydrogens (tertiary/aromatic N) is 3. The van der Waals surface area contributed by atoms with Crippen LogP contribution in [0.15, 0.2) is 29.4 Å². The van der Waals surface area contributed by atoms with E-state index in [1.165, 1.54) is 12.3 Å². The Labute approximate surface area is 111 Å². The predicted molar refractivity (Wildman–Crippen MR) is 72.5 cm³/mol. The van der Waals surface area contributed by atoms with Gasteiger partial charge in [0, 0.05) is 26.5 Å². The fourth-order valence-electron chi connectivity index (χ4n) is 1.59. The van der Waals surface area contributed by atoms with Crippen LogP contribution in [-0.2, 0) is 17.1 Å². The highest BCUT2D eigenvalue weighted by Crippen LogP contribution is 2.18. The van der Waals surface area contributed by atoms with E-state index in [0.717, 1.165) is 0 Å². The first-order chi connectivity index (χ1) is 8.92. The smallest absolute Gasteiger partial charge is 0.263 e.